The molecule has 2 aromatic rings. The fourth-order valence-electron chi connectivity index (χ4n) is 1.39. The second kappa shape index (κ2) is 4.66. The van der Waals surface area contributed by atoms with Crippen LogP contribution in [0.5, 0.6) is 5.75 Å². The summed E-state index contributed by atoms with van der Waals surface area (Å²) >= 11 is 0. The maximum Gasteiger partial charge on any atom is 1.00 e. The summed E-state index contributed by atoms with van der Waals surface area (Å²) in [6, 6.07) is 9.41. The van der Waals surface area contributed by atoms with E-state index in [1.54, 1.807) is 24.3 Å². The van der Waals surface area contributed by atoms with Crippen molar-refractivity contribution in [3.8, 4) is 5.75 Å². The van der Waals surface area contributed by atoms with Gasteiger partial charge in [-0.3, -0.25) is 0 Å². The summed E-state index contributed by atoms with van der Waals surface area (Å²) in [5.41, 5.74) is 0.114. The summed E-state index contributed by atoms with van der Waals surface area (Å²) in [6.45, 7) is 0. The van der Waals surface area contributed by atoms with E-state index in [4.69, 9.17) is 0 Å². The first-order chi connectivity index (χ1) is 6.68. The van der Waals surface area contributed by atoms with Crippen LogP contribution in [0.3, 0.4) is 0 Å². The van der Waals surface area contributed by atoms with Crippen LogP contribution in [-0.2, 0) is 0 Å². The first-order valence-corrected chi connectivity index (χ1v) is 4.11. The molecule has 0 fully saturated rings. The Labute approximate surface area is 109 Å². The van der Waals surface area contributed by atoms with E-state index >= 15 is 0 Å². The second-order valence-corrected chi connectivity index (χ2v) is 3.00. The van der Waals surface area contributed by atoms with Crippen LogP contribution in [0, 0.1) is 0 Å². The molecule has 15 heavy (non-hydrogen) atoms. The van der Waals surface area contributed by atoms with E-state index in [-0.39, 0.29) is 40.9 Å². The summed E-state index contributed by atoms with van der Waals surface area (Å²) < 4.78 is 0. The molecule has 0 spiro atoms. The number of fused-ring (bicyclic) bond motifs is 1. The van der Waals surface area contributed by atoms with Crippen molar-refractivity contribution >= 4 is 16.7 Å². The molecule has 0 atom stereocenters. The normalized spacial score (nSPS) is 9.60. The molecule has 0 heterocycles. The van der Waals surface area contributed by atoms with Crippen LogP contribution < -0.4 is 34.7 Å². The number of rotatable bonds is 1. The van der Waals surface area contributed by atoms with Crippen LogP contribution in [-0.4, -0.2) is 11.1 Å². The fourth-order valence-corrected chi connectivity index (χ4v) is 1.39. The number of carbonyl (C=O) groups is 1. The van der Waals surface area contributed by atoms with E-state index < -0.39 is 5.97 Å². The van der Waals surface area contributed by atoms with E-state index in [1.165, 1.54) is 12.1 Å². The van der Waals surface area contributed by atoms with Crippen molar-refractivity contribution < 1.29 is 44.6 Å². The monoisotopic (exact) mass is 210 g/mol. The smallest absolute Gasteiger partial charge is 0.545 e. The fraction of sp³-hybridized carbons (Fsp3) is 0. The molecule has 0 saturated carbocycles. The molecule has 0 aromatic heterocycles. The largest absolute Gasteiger partial charge is 1.00 e. The summed E-state index contributed by atoms with van der Waals surface area (Å²) in [7, 11) is 0. The zero-order valence-corrected chi connectivity index (χ0v) is 10.2. The predicted molar refractivity (Wildman–Crippen MR) is 49.9 cm³/mol. The van der Waals surface area contributed by atoms with Gasteiger partial charge in [0.1, 0.15) is 5.75 Å². The number of benzene rings is 2. The van der Waals surface area contributed by atoms with Crippen molar-refractivity contribution in [1.82, 2.24) is 0 Å². The Morgan fingerprint density at radius 3 is 2.60 bits per heavy atom. The minimum Gasteiger partial charge on any atom is -0.545 e. The van der Waals surface area contributed by atoms with Crippen molar-refractivity contribution in [1.29, 1.82) is 0 Å². The minimum atomic E-state index is -1.21. The molecular formula is C11H7NaO3. The Kier molecular flexibility index (Phi) is 3.74. The first-order valence-electron chi connectivity index (χ1n) is 4.11. The Balaban J connectivity index is 0.00000112. The van der Waals surface area contributed by atoms with Crippen LogP contribution in [0.1, 0.15) is 10.4 Å². The topological polar surface area (TPSA) is 60.4 Å². The third kappa shape index (κ3) is 2.31. The molecule has 0 aliphatic rings. The molecule has 0 saturated heterocycles. The van der Waals surface area contributed by atoms with Crippen LogP contribution in [0.2, 0.25) is 0 Å². The Morgan fingerprint density at radius 1 is 1.20 bits per heavy atom. The van der Waals surface area contributed by atoms with Gasteiger partial charge >= 0.3 is 29.6 Å². The van der Waals surface area contributed by atoms with E-state index in [0.717, 1.165) is 0 Å². The molecule has 3 nitrogen and oxygen atoms in total. The van der Waals surface area contributed by atoms with Gasteiger partial charge in [0, 0.05) is 5.39 Å². The third-order valence-corrected chi connectivity index (χ3v) is 2.09. The van der Waals surface area contributed by atoms with Gasteiger partial charge in [0.25, 0.3) is 0 Å². The maximum atomic E-state index is 10.6. The van der Waals surface area contributed by atoms with Gasteiger partial charge in [-0.1, -0.05) is 24.3 Å². The average Bonchev–Trinajstić information content (AvgIpc) is 2.17. The van der Waals surface area contributed by atoms with E-state index in [2.05, 4.69) is 0 Å². The molecule has 0 aliphatic heterocycles. The summed E-state index contributed by atoms with van der Waals surface area (Å²) in [4.78, 5) is 10.6. The minimum absolute atomic E-state index is 0. The molecule has 0 aliphatic carbocycles. The Morgan fingerprint density at radius 2 is 1.93 bits per heavy atom. The number of phenols is 1. The van der Waals surface area contributed by atoms with E-state index in [9.17, 15) is 15.0 Å². The van der Waals surface area contributed by atoms with Crippen molar-refractivity contribution in [3.63, 3.8) is 0 Å². The molecule has 2 aromatic carbocycles. The van der Waals surface area contributed by atoms with Gasteiger partial charge in [-0.25, -0.2) is 0 Å². The number of hydrogen-bond donors (Lipinski definition) is 1. The number of aromatic carboxylic acids is 1. The molecule has 0 unspecified atom stereocenters. The Hall–Kier alpha value is -1.03. The van der Waals surface area contributed by atoms with Crippen LogP contribution in [0.4, 0.5) is 0 Å². The standard InChI is InChI=1S/C11H8O3.Na/c12-10-3-1-2-7-6-8(11(13)14)4-5-9(7)10;/h1-6,12H,(H,13,14);/q;+1/p-1. The number of carboxylic acids is 1. The molecule has 0 bridgehead atoms. The number of carbonyl (C=O) groups excluding carboxylic acids is 1. The summed E-state index contributed by atoms with van der Waals surface area (Å²) in [6.07, 6.45) is 0. The van der Waals surface area contributed by atoms with Gasteiger partial charge < -0.3 is 15.0 Å². The van der Waals surface area contributed by atoms with Crippen molar-refractivity contribution in [2.45, 2.75) is 0 Å². The van der Waals surface area contributed by atoms with Crippen molar-refractivity contribution in [3.05, 3.63) is 42.0 Å². The molecule has 0 radical (unpaired) electrons. The first kappa shape index (κ1) is 12.0. The molecular weight excluding hydrogens is 203 g/mol. The van der Waals surface area contributed by atoms with Gasteiger partial charge in [-0.05, 0) is 23.1 Å². The van der Waals surface area contributed by atoms with Crippen LogP contribution in [0.15, 0.2) is 36.4 Å². The van der Waals surface area contributed by atoms with Gasteiger partial charge in [0.05, 0.1) is 5.97 Å². The second-order valence-electron chi connectivity index (χ2n) is 3.00. The average molecular weight is 210 g/mol. The van der Waals surface area contributed by atoms with Crippen LogP contribution >= 0.6 is 0 Å². The third-order valence-electron chi connectivity index (χ3n) is 2.09. The number of phenolic OH excluding ortho intramolecular Hbond substituents is 1. The zero-order chi connectivity index (χ0) is 10.1. The van der Waals surface area contributed by atoms with Gasteiger partial charge in [0.15, 0.2) is 0 Å². The van der Waals surface area contributed by atoms with E-state index in [0.29, 0.717) is 10.8 Å². The summed E-state index contributed by atoms with van der Waals surface area (Å²) in [5.74, 6) is -1.07. The van der Waals surface area contributed by atoms with Crippen LogP contribution in [0.25, 0.3) is 10.8 Å². The quantitative estimate of drug-likeness (QED) is 0.549. The SMILES string of the molecule is O=C([O-])c1ccc2c(O)cccc2c1.[Na+]. The maximum absolute atomic E-state index is 10.6. The number of carboxylic acid groups (broad SMARTS) is 1. The van der Waals surface area contributed by atoms with E-state index in [1.807, 2.05) is 0 Å². The predicted octanol–water partition coefficient (Wildman–Crippen LogP) is -2.09. The Bertz CT molecular complexity index is 508. The van der Waals surface area contributed by atoms with Crippen molar-refractivity contribution in [2.75, 3.05) is 0 Å². The molecule has 1 N–H and O–H groups in total. The molecule has 2 rings (SSSR count). The van der Waals surface area contributed by atoms with Gasteiger partial charge in [-0.2, -0.15) is 0 Å². The van der Waals surface area contributed by atoms with Crippen molar-refractivity contribution in [2.24, 2.45) is 0 Å². The number of hydrogen-bond acceptors (Lipinski definition) is 3. The zero-order valence-electron chi connectivity index (χ0n) is 8.23. The molecule has 0 amide bonds. The van der Waals surface area contributed by atoms with Gasteiger partial charge in [0.2, 0.25) is 0 Å². The molecule has 70 valence electrons. The summed E-state index contributed by atoms with van der Waals surface area (Å²) in [5, 5.41) is 21.3. The number of aromatic hydroxyl groups is 1. The molecule has 4 heteroatoms. The van der Waals surface area contributed by atoms with Gasteiger partial charge in [-0.15, -0.1) is 0 Å².